The lowest BCUT2D eigenvalue weighted by atomic mass is 9.99. The smallest absolute Gasteiger partial charge is 0.238 e. The van der Waals surface area contributed by atoms with E-state index in [2.05, 4.69) is 127 Å². The molecule has 12 rings (SSSR count). The van der Waals surface area contributed by atoms with Crippen LogP contribution in [0.25, 0.3) is 104 Å². The summed E-state index contributed by atoms with van der Waals surface area (Å²) in [4.78, 5) is 26.4. The van der Waals surface area contributed by atoms with Gasteiger partial charge in [0.2, 0.25) is 5.95 Å². The fourth-order valence-corrected chi connectivity index (χ4v) is 13.2. The fraction of sp³-hybridized carbons (Fsp3) is 0.0392. The van der Waals surface area contributed by atoms with Gasteiger partial charge in [-0.25, -0.2) is 15.0 Å². The van der Waals surface area contributed by atoms with Gasteiger partial charge in [-0.1, -0.05) is 153 Å². The molecular weight excluding hydrogens is 757 g/mol. The molecule has 1 aliphatic heterocycles. The zero-order valence-corrected chi connectivity index (χ0v) is 34.1. The Bertz CT molecular complexity index is 3430. The topological polar surface area (TPSA) is 69.4 Å². The molecule has 0 saturated heterocycles. The Balaban J connectivity index is 1.10. The second-order valence-electron chi connectivity index (χ2n) is 15.7. The molecule has 8 heteroatoms. The Hall–Kier alpha value is -7.13. The number of nitrogens with zero attached hydrogens (tertiary/aromatic N) is 6. The highest BCUT2D eigenvalue weighted by molar-refractivity contribution is 7.26. The van der Waals surface area contributed by atoms with Crippen LogP contribution in [0.15, 0.2) is 170 Å². The molecule has 0 fully saturated rings. The summed E-state index contributed by atoms with van der Waals surface area (Å²) in [6.07, 6.45) is 0. The summed E-state index contributed by atoms with van der Waals surface area (Å²) < 4.78 is 4.70. The van der Waals surface area contributed by atoms with E-state index in [-0.39, 0.29) is 0 Å². The van der Waals surface area contributed by atoms with Crippen LogP contribution in [0.1, 0.15) is 0 Å². The van der Waals surface area contributed by atoms with Gasteiger partial charge in [0, 0.05) is 64.1 Å². The minimum absolute atomic E-state index is 0.565. The van der Waals surface area contributed by atoms with E-state index < -0.39 is 8.07 Å². The van der Waals surface area contributed by atoms with Gasteiger partial charge in [0.1, 0.15) is 8.07 Å². The average Bonchev–Trinajstić information content (AvgIpc) is 3.92. The summed E-state index contributed by atoms with van der Waals surface area (Å²) in [5.74, 6) is 2.55. The molecule has 278 valence electrons. The van der Waals surface area contributed by atoms with Crippen LogP contribution in [0.3, 0.4) is 0 Å². The third-order valence-electron chi connectivity index (χ3n) is 11.8. The maximum absolute atomic E-state index is 5.59. The molecule has 0 spiro atoms. The van der Waals surface area contributed by atoms with Crippen molar-refractivity contribution in [3.63, 3.8) is 0 Å². The van der Waals surface area contributed by atoms with Crippen molar-refractivity contribution in [3.8, 4) is 62.5 Å². The molecule has 0 bridgehead atoms. The Morgan fingerprint density at radius 2 is 1.07 bits per heavy atom. The van der Waals surface area contributed by atoms with Crippen LogP contribution < -0.4 is 10.5 Å². The monoisotopic (exact) mass is 790 g/mol. The van der Waals surface area contributed by atoms with Crippen molar-refractivity contribution in [1.29, 1.82) is 0 Å². The quantitative estimate of drug-likeness (QED) is 0.162. The molecule has 6 nitrogen and oxygen atoms in total. The minimum atomic E-state index is -2.19. The van der Waals surface area contributed by atoms with Crippen molar-refractivity contribution in [2.75, 3.05) is 0 Å². The van der Waals surface area contributed by atoms with Crippen LogP contribution in [-0.4, -0.2) is 37.6 Å². The molecule has 5 heterocycles. The highest BCUT2D eigenvalue weighted by atomic mass is 32.1. The van der Waals surface area contributed by atoms with Crippen molar-refractivity contribution in [1.82, 2.24) is 29.5 Å². The number of fused-ring (bicyclic) bond motifs is 9. The summed E-state index contributed by atoms with van der Waals surface area (Å²) in [5.41, 5.74) is 9.45. The van der Waals surface area contributed by atoms with E-state index >= 15 is 0 Å². The first-order valence-corrected chi connectivity index (χ1v) is 23.7. The zero-order chi connectivity index (χ0) is 39.2. The van der Waals surface area contributed by atoms with Gasteiger partial charge in [0.05, 0.1) is 16.7 Å². The number of thiophene rings is 1. The molecule has 0 radical (unpaired) electrons. The van der Waals surface area contributed by atoms with Crippen LogP contribution in [-0.2, 0) is 0 Å². The lowest BCUT2D eigenvalue weighted by Gasteiger charge is -2.19. The van der Waals surface area contributed by atoms with E-state index in [1.54, 1.807) is 0 Å². The summed E-state index contributed by atoms with van der Waals surface area (Å²) in [7, 11) is -2.19. The van der Waals surface area contributed by atoms with Gasteiger partial charge in [0.15, 0.2) is 17.5 Å². The predicted molar refractivity (Wildman–Crippen MR) is 247 cm³/mol. The molecule has 1 aliphatic rings. The molecule has 0 saturated carbocycles. The molecule has 11 aromatic rings. The summed E-state index contributed by atoms with van der Waals surface area (Å²) >= 11 is 1.85. The number of rotatable bonds is 5. The third-order valence-corrected chi connectivity index (χ3v) is 16.4. The first-order valence-electron chi connectivity index (χ1n) is 19.9. The normalized spacial score (nSPS) is 13.1. The lowest BCUT2D eigenvalue weighted by Crippen LogP contribution is -2.50. The van der Waals surface area contributed by atoms with Crippen LogP contribution >= 0.6 is 11.3 Å². The van der Waals surface area contributed by atoms with Crippen LogP contribution in [0.4, 0.5) is 0 Å². The third kappa shape index (κ3) is 5.20. The molecule has 0 unspecified atom stereocenters. The maximum atomic E-state index is 5.59. The van der Waals surface area contributed by atoms with Gasteiger partial charge in [-0.15, -0.1) is 11.3 Å². The minimum Gasteiger partial charge on any atom is -0.278 e. The molecular formula is C51H34N6SSi. The number of aromatic nitrogens is 6. The number of benzene rings is 7. The lowest BCUT2D eigenvalue weighted by molar-refractivity contribution is 0.953. The first kappa shape index (κ1) is 34.0. The summed E-state index contributed by atoms with van der Waals surface area (Å²) in [6, 6.07) is 59.6. The number of hydrogen-bond acceptors (Lipinski definition) is 6. The molecule has 0 N–H and O–H groups in total. The highest BCUT2D eigenvalue weighted by Crippen LogP contribution is 2.44. The van der Waals surface area contributed by atoms with Crippen LogP contribution in [0.2, 0.25) is 13.1 Å². The molecule has 0 amide bonds. The van der Waals surface area contributed by atoms with E-state index in [1.807, 2.05) is 72.0 Å². The summed E-state index contributed by atoms with van der Waals surface area (Å²) in [6.45, 7) is 4.86. The van der Waals surface area contributed by atoms with Crippen molar-refractivity contribution < 1.29 is 0 Å². The van der Waals surface area contributed by atoms with E-state index in [1.165, 1.54) is 41.8 Å². The Morgan fingerprint density at radius 3 is 1.85 bits per heavy atom. The standard InChI is InChI=1S/C51H34N6SSi/c1-59(2)43-27-14-11-22-37(43)44-45(38-24-15-23-36-35-21-10-13-26-42(35)58-46(36)38)52-49(54-50(44)59)33-28-29-41-39(30-33)34-20-9-12-25-40(34)57(41)51-55-47(31-16-5-3-6-17-31)53-48(56-51)32-18-7-4-8-19-32/h3-30H,1-2H3. The van der Waals surface area contributed by atoms with Crippen molar-refractivity contribution in [3.05, 3.63) is 170 Å². The fourth-order valence-electron chi connectivity index (χ4n) is 9.02. The largest absolute Gasteiger partial charge is 0.278 e. The highest BCUT2D eigenvalue weighted by Gasteiger charge is 2.41. The molecule has 0 atom stereocenters. The maximum Gasteiger partial charge on any atom is 0.238 e. The SMILES string of the molecule is C[Si]1(C)c2ccccc2-c2c(-c3cccc4c3sc3ccccc34)nc(-c3ccc4c(c3)c3ccccc3n4-c3nc(-c4ccccc4)nc(-c4ccccc4)n3)nc21. The van der Waals surface area contributed by atoms with Gasteiger partial charge in [0.25, 0.3) is 0 Å². The second kappa shape index (κ2) is 12.9. The van der Waals surface area contributed by atoms with Crippen LogP contribution in [0, 0.1) is 0 Å². The van der Waals surface area contributed by atoms with Gasteiger partial charge in [-0.3, -0.25) is 4.57 Å². The van der Waals surface area contributed by atoms with Gasteiger partial charge >= 0.3 is 0 Å². The predicted octanol–water partition coefficient (Wildman–Crippen LogP) is 11.6. The molecule has 59 heavy (non-hydrogen) atoms. The first-order chi connectivity index (χ1) is 29.0. The Morgan fingerprint density at radius 1 is 0.458 bits per heavy atom. The van der Waals surface area contributed by atoms with E-state index in [4.69, 9.17) is 24.9 Å². The second-order valence-corrected chi connectivity index (χ2v) is 21.0. The van der Waals surface area contributed by atoms with Crippen LogP contribution in [0.5, 0.6) is 0 Å². The molecule has 0 aliphatic carbocycles. The number of hydrogen-bond donors (Lipinski definition) is 0. The average molecular weight is 791 g/mol. The van der Waals surface area contributed by atoms with Gasteiger partial charge in [-0.05, 0) is 41.1 Å². The van der Waals surface area contributed by atoms with Crippen molar-refractivity contribution >= 4 is 71.9 Å². The van der Waals surface area contributed by atoms with Crippen molar-refractivity contribution in [2.24, 2.45) is 0 Å². The number of para-hydroxylation sites is 1. The van der Waals surface area contributed by atoms with E-state index in [9.17, 15) is 0 Å². The van der Waals surface area contributed by atoms with Crippen molar-refractivity contribution in [2.45, 2.75) is 13.1 Å². The Kier molecular flexibility index (Phi) is 7.45. The van der Waals surface area contributed by atoms with Gasteiger partial charge < -0.3 is 0 Å². The Labute approximate surface area is 345 Å². The molecule has 7 aromatic carbocycles. The zero-order valence-electron chi connectivity index (χ0n) is 32.3. The van der Waals surface area contributed by atoms with E-state index in [0.717, 1.165) is 55.6 Å². The summed E-state index contributed by atoms with van der Waals surface area (Å²) in [5, 5.41) is 7.32. The molecule has 4 aromatic heterocycles. The van der Waals surface area contributed by atoms with Gasteiger partial charge in [-0.2, -0.15) is 9.97 Å². The van der Waals surface area contributed by atoms with E-state index in [0.29, 0.717) is 17.6 Å².